The van der Waals surface area contributed by atoms with Crippen molar-refractivity contribution in [3.8, 4) is 0 Å². The van der Waals surface area contributed by atoms with Gasteiger partial charge in [-0.1, -0.05) is 35.9 Å². The van der Waals surface area contributed by atoms with Crippen LogP contribution in [0.15, 0.2) is 42.5 Å². The summed E-state index contributed by atoms with van der Waals surface area (Å²) in [5.41, 5.74) is 10.6. The molecule has 3 nitrogen and oxygen atoms in total. The summed E-state index contributed by atoms with van der Waals surface area (Å²) in [4.78, 5) is 4.67. The van der Waals surface area contributed by atoms with E-state index in [4.69, 9.17) is 17.3 Å². The Kier molecular flexibility index (Phi) is 3.70. The van der Waals surface area contributed by atoms with E-state index in [2.05, 4.69) is 21.7 Å². The number of para-hydroxylation sites is 2. The first-order valence-electron chi connectivity index (χ1n) is 6.98. The fourth-order valence-electron chi connectivity index (χ4n) is 2.59. The molecule has 0 saturated heterocycles. The molecule has 2 N–H and O–H groups in total. The average Bonchev–Trinajstić information content (AvgIpc) is 2.79. The highest BCUT2D eigenvalue weighted by molar-refractivity contribution is 6.31. The van der Waals surface area contributed by atoms with Crippen molar-refractivity contribution in [2.24, 2.45) is 12.8 Å². The maximum atomic E-state index is 6.34. The minimum absolute atomic E-state index is 0.0866. The Bertz CT molecular complexity index is 792. The second-order valence-corrected chi connectivity index (χ2v) is 5.80. The van der Waals surface area contributed by atoms with Crippen LogP contribution in [0.3, 0.4) is 0 Å². The third-order valence-electron chi connectivity index (χ3n) is 3.89. The van der Waals surface area contributed by atoms with Crippen molar-refractivity contribution < 1.29 is 0 Å². The quantitative estimate of drug-likeness (QED) is 0.800. The monoisotopic (exact) mass is 299 g/mol. The van der Waals surface area contributed by atoms with Gasteiger partial charge in [-0.15, -0.1) is 0 Å². The molecule has 0 aliphatic rings. The molecule has 2 aromatic carbocycles. The maximum absolute atomic E-state index is 6.34. The lowest BCUT2D eigenvalue weighted by Crippen LogP contribution is -2.16. The van der Waals surface area contributed by atoms with Crippen molar-refractivity contribution in [1.82, 2.24) is 9.55 Å². The number of hydrogen-bond acceptors (Lipinski definition) is 2. The summed E-state index contributed by atoms with van der Waals surface area (Å²) < 4.78 is 2.11. The summed E-state index contributed by atoms with van der Waals surface area (Å²) in [5, 5.41) is 0.772. The van der Waals surface area contributed by atoms with Crippen molar-refractivity contribution in [2.45, 2.75) is 19.4 Å². The Morgan fingerprint density at radius 1 is 1.24 bits per heavy atom. The van der Waals surface area contributed by atoms with Crippen LogP contribution < -0.4 is 5.73 Å². The van der Waals surface area contributed by atoms with Gasteiger partial charge in [-0.25, -0.2) is 4.98 Å². The first-order valence-corrected chi connectivity index (χ1v) is 7.36. The molecule has 0 aliphatic heterocycles. The number of imidazole rings is 1. The molecule has 0 spiro atoms. The van der Waals surface area contributed by atoms with Gasteiger partial charge in [-0.05, 0) is 36.2 Å². The van der Waals surface area contributed by atoms with E-state index in [0.717, 1.165) is 33.0 Å². The Morgan fingerprint density at radius 3 is 2.71 bits per heavy atom. The van der Waals surface area contributed by atoms with E-state index < -0.39 is 0 Å². The molecule has 0 fully saturated rings. The van der Waals surface area contributed by atoms with Gasteiger partial charge in [0.15, 0.2) is 0 Å². The van der Waals surface area contributed by atoms with Crippen LogP contribution in [0.25, 0.3) is 11.0 Å². The van der Waals surface area contributed by atoms with Crippen LogP contribution in [0.5, 0.6) is 0 Å². The molecular formula is C17H18ClN3. The van der Waals surface area contributed by atoms with Crippen LogP contribution in [-0.2, 0) is 13.5 Å². The van der Waals surface area contributed by atoms with Gasteiger partial charge >= 0.3 is 0 Å². The molecule has 1 unspecified atom stereocenters. The molecule has 3 aromatic rings. The predicted octanol–water partition coefficient (Wildman–Crippen LogP) is 3.78. The van der Waals surface area contributed by atoms with Crippen LogP contribution in [0.1, 0.15) is 23.0 Å². The number of halogens is 1. The van der Waals surface area contributed by atoms with E-state index in [1.807, 2.05) is 44.3 Å². The molecule has 0 bridgehead atoms. The lowest BCUT2D eigenvalue weighted by molar-refractivity contribution is 0.665. The molecule has 0 saturated carbocycles. The normalized spacial score (nSPS) is 12.8. The highest BCUT2D eigenvalue weighted by atomic mass is 35.5. The average molecular weight is 300 g/mol. The summed E-state index contributed by atoms with van der Waals surface area (Å²) in [6.07, 6.45) is 0.701. The highest BCUT2D eigenvalue weighted by Crippen LogP contribution is 2.23. The topological polar surface area (TPSA) is 43.8 Å². The van der Waals surface area contributed by atoms with Crippen molar-refractivity contribution in [1.29, 1.82) is 0 Å². The van der Waals surface area contributed by atoms with Gasteiger partial charge in [0.05, 0.1) is 11.0 Å². The molecule has 1 aromatic heterocycles. The Morgan fingerprint density at radius 2 is 2.00 bits per heavy atom. The zero-order valence-corrected chi connectivity index (χ0v) is 12.9. The van der Waals surface area contributed by atoms with Crippen LogP contribution in [0.2, 0.25) is 5.02 Å². The number of aryl methyl sites for hydroxylation is 2. The molecular weight excluding hydrogens is 282 g/mol. The first kappa shape index (κ1) is 14.1. The van der Waals surface area contributed by atoms with Gasteiger partial charge in [0, 0.05) is 24.5 Å². The summed E-state index contributed by atoms with van der Waals surface area (Å²) in [5.74, 6) is 0.997. The lowest BCUT2D eigenvalue weighted by Gasteiger charge is -2.13. The molecule has 108 valence electrons. The van der Waals surface area contributed by atoms with E-state index in [0.29, 0.717) is 6.42 Å². The molecule has 0 radical (unpaired) electrons. The van der Waals surface area contributed by atoms with E-state index in [1.165, 1.54) is 0 Å². The standard InChI is InChI=1S/C17H18ClN3/c1-11-9-12(7-8-13(11)18)14(19)10-17-20-15-5-3-4-6-16(15)21(17)2/h3-9,14H,10,19H2,1-2H3. The second kappa shape index (κ2) is 5.51. The van der Waals surface area contributed by atoms with Crippen molar-refractivity contribution >= 4 is 22.6 Å². The molecule has 21 heavy (non-hydrogen) atoms. The molecule has 0 amide bonds. The molecule has 1 heterocycles. The van der Waals surface area contributed by atoms with Gasteiger partial charge in [-0.3, -0.25) is 0 Å². The van der Waals surface area contributed by atoms with Crippen LogP contribution in [0, 0.1) is 6.92 Å². The third kappa shape index (κ3) is 2.67. The molecule has 0 aliphatic carbocycles. The van der Waals surface area contributed by atoms with Crippen molar-refractivity contribution in [3.63, 3.8) is 0 Å². The van der Waals surface area contributed by atoms with Crippen LogP contribution >= 0.6 is 11.6 Å². The summed E-state index contributed by atoms with van der Waals surface area (Å²) in [6.45, 7) is 1.99. The van der Waals surface area contributed by atoms with Crippen LogP contribution in [-0.4, -0.2) is 9.55 Å². The van der Waals surface area contributed by atoms with E-state index >= 15 is 0 Å². The summed E-state index contributed by atoms with van der Waals surface area (Å²) in [7, 11) is 2.03. The number of benzene rings is 2. The van der Waals surface area contributed by atoms with E-state index in [9.17, 15) is 0 Å². The van der Waals surface area contributed by atoms with E-state index in [-0.39, 0.29) is 6.04 Å². The van der Waals surface area contributed by atoms with Gasteiger partial charge in [0.2, 0.25) is 0 Å². The van der Waals surface area contributed by atoms with Gasteiger partial charge < -0.3 is 10.3 Å². The largest absolute Gasteiger partial charge is 0.331 e. The number of nitrogens with zero attached hydrogens (tertiary/aromatic N) is 2. The number of hydrogen-bond donors (Lipinski definition) is 1. The smallest absolute Gasteiger partial charge is 0.111 e. The number of rotatable bonds is 3. The minimum Gasteiger partial charge on any atom is -0.331 e. The number of fused-ring (bicyclic) bond motifs is 1. The highest BCUT2D eigenvalue weighted by Gasteiger charge is 2.13. The molecule has 3 rings (SSSR count). The Balaban J connectivity index is 1.90. The van der Waals surface area contributed by atoms with Crippen LogP contribution in [0.4, 0.5) is 0 Å². The Hall–Kier alpha value is -1.84. The minimum atomic E-state index is -0.0866. The lowest BCUT2D eigenvalue weighted by atomic mass is 10.0. The maximum Gasteiger partial charge on any atom is 0.111 e. The van der Waals surface area contributed by atoms with Crippen molar-refractivity contribution in [2.75, 3.05) is 0 Å². The van der Waals surface area contributed by atoms with Crippen molar-refractivity contribution in [3.05, 3.63) is 64.4 Å². The molecule has 4 heteroatoms. The zero-order valence-electron chi connectivity index (χ0n) is 12.2. The summed E-state index contributed by atoms with van der Waals surface area (Å²) in [6, 6.07) is 14.0. The fraction of sp³-hybridized carbons (Fsp3) is 0.235. The zero-order chi connectivity index (χ0) is 15.0. The van der Waals surface area contributed by atoms with Gasteiger partial charge in [0.25, 0.3) is 0 Å². The van der Waals surface area contributed by atoms with Gasteiger partial charge in [0.1, 0.15) is 5.82 Å². The second-order valence-electron chi connectivity index (χ2n) is 5.40. The Labute approximate surface area is 129 Å². The fourth-order valence-corrected chi connectivity index (χ4v) is 2.71. The van der Waals surface area contributed by atoms with Gasteiger partial charge in [-0.2, -0.15) is 0 Å². The predicted molar refractivity (Wildman–Crippen MR) is 87.5 cm³/mol. The molecule has 1 atom stereocenters. The third-order valence-corrected chi connectivity index (χ3v) is 4.32. The SMILES string of the molecule is Cc1cc(C(N)Cc2nc3ccccc3n2C)ccc1Cl. The number of nitrogens with two attached hydrogens (primary N) is 1. The van der Waals surface area contributed by atoms with E-state index in [1.54, 1.807) is 0 Å². The first-order chi connectivity index (χ1) is 10.1. The number of aromatic nitrogens is 2. The summed E-state index contributed by atoms with van der Waals surface area (Å²) >= 11 is 6.07.